The molecule has 0 aliphatic rings. The van der Waals surface area contributed by atoms with Crippen molar-refractivity contribution >= 4 is 37.3 Å². The van der Waals surface area contributed by atoms with Gasteiger partial charge in [0.1, 0.15) is 4.21 Å². The number of hydrogen-bond donors (Lipinski definition) is 1. The molecule has 0 aliphatic heterocycles. The highest BCUT2D eigenvalue weighted by Crippen LogP contribution is 2.25. The van der Waals surface area contributed by atoms with Crippen LogP contribution in [0.4, 0.5) is 0 Å². The summed E-state index contributed by atoms with van der Waals surface area (Å²) in [4.78, 5) is 0. The minimum absolute atomic E-state index is 0.332. The zero-order valence-electron chi connectivity index (χ0n) is 9.53. The molecule has 1 rings (SSSR count). The summed E-state index contributed by atoms with van der Waals surface area (Å²) >= 11 is 4.48. The summed E-state index contributed by atoms with van der Waals surface area (Å²) in [5.74, 6) is 0.802. The molecule has 0 spiro atoms. The number of halogens is 1. The van der Waals surface area contributed by atoms with Crippen LogP contribution in [0.25, 0.3) is 0 Å². The second-order valence-electron chi connectivity index (χ2n) is 4.13. The summed E-state index contributed by atoms with van der Waals surface area (Å²) < 4.78 is 27.5. The molecule has 1 aromatic heterocycles. The van der Waals surface area contributed by atoms with Gasteiger partial charge < -0.3 is 0 Å². The van der Waals surface area contributed by atoms with Crippen LogP contribution in [-0.4, -0.2) is 15.0 Å². The lowest BCUT2D eigenvalue weighted by Gasteiger charge is -2.15. The van der Waals surface area contributed by atoms with Crippen molar-refractivity contribution in [3.05, 3.63) is 15.9 Å². The Bertz CT molecular complexity index is 439. The molecule has 0 radical (unpaired) electrons. The van der Waals surface area contributed by atoms with Gasteiger partial charge >= 0.3 is 0 Å². The van der Waals surface area contributed by atoms with Crippen LogP contribution >= 0.6 is 27.3 Å². The van der Waals surface area contributed by atoms with Crippen molar-refractivity contribution in [2.45, 2.75) is 25.0 Å². The van der Waals surface area contributed by atoms with Gasteiger partial charge in [0.15, 0.2) is 0 Å². The Hall–Kier alpha value is 0.0900. The van der Waals surface area contributed by atoms with Crippen LogP contribution in [-0.2, 0) is 10.0 Å². The maximum atomic E-state index is 11.9. The molecular weight excluding hydrogens is 310 g/mol. The number of nitrogens with one attached hydrogen (secondary N) is 1. The van der Waals surface area contributed by atoms with Gasteiger partial charge in [0.25, 0.3) is 0 Å². The summed E-state index contributed by atoms with van der Waals surface area (Å²) in [6, 6.07) is 3.35. The highest BCUT2D eigenvalue weighted by Gasteiger charge is 2.18. The lowest BCUT2D eigenvalue weighted by atomic mass is 9.99. The average Bonchev–Trinajstić information content (AvgIpc) is 2.61. The van der Waals surface area contributed by atoms with Gasteiger partial charge in [0, 0.05) is 6.54 Å². The molecule has 3 nitrogen and oxygen atoms in total. The molecule has 0 fully saturated rings. The van der Waals surface area contributed by atoms with Crippen molar-refractivity contribution in [1.29, 1.82) is 0 Å². The van der Waals surface area contributed by atoms with E-state index in [0.29, 0.717) is 22.6 Å². The Morgan fingerprint density at radius 3 is 2.44 bits per heavy atom. The fourth-order valence-electron chi connectivity index (χ4n) is 0.990. The first kappa shape index (κ1) is 14.2. The lowest BCUT2D eigenvalue weighted by molar-refractivity contribution is 0.415. The maximum Gasteiger partial charge on any atom is 0.250 e. The molecule has 92 valence electrons. The van der Waals surface area contributed by atoms with E-state index in [2.05, 4.69) is 34.5 Å². The van der Waals surface area contributed by atoms with Crippen molar-refractivity contribution < 1.29 is 8.42 Å². The second kappa shape index (κ2) is 5.62. The third kappa shape index (κ3) is 3.84. The van der Waals surface area contributed by atoms with E-state index in [4.69, 9.17) is 0 Å². The van der Waals surface area contributed by atoms with E-state index in [1.165, 1.54) is 11.3 Å². The lowest BCUT2D eigenvalue weighted by Crippen LogP contribution is -2.29. The molecule has 1 atom stereocenters. The van der Waals surface area contributed by atoms with Crippen LogP contribution in [0.2, 0.25) is 0 Å². The van der Waals surface area contributed by atoms with Gasteiger partial charge in [-0.3, -0.25) is 0 Å². The molecule has 0 aromatic carbocycles. The van der Waals surface area contributed by atoms with E-state index in [1.807, 2.05) is 6.92 Å². The minimum atomic E-state index is -3.33. The van der Waals surface area contributed by atoms with E-state index in [1.54, 1.807) is 12.1 Å². The van der Waals surface area contributed by atoms with Crippen molar-refractivity contribution in [3.8, 4) is 0 Å². The molecule has 16 heavy (non-hydrogen) atoms. The Morgan fingerprint density at radius 1 is 1.38 bits per heavy atom. The smallest absolute Gasteiger partial charge is 0.210 e. The van der Waals surface area contributed by atoms with Gasteiger partial charge in [-0.15, -0.1) is 11.3 Å². The summed E-state index contributed by atoms with van der Waals surface area (Å²) in [6.45, 7) is 6.69. The highest BCUT2D eigenvalue weighted by molar-refractivity contribution is 9.11. The van der Waals surface area contributed by atoms with Crippen molar-refractivity contribution in [3.63, 3.8) is 0 Å². The molecule has 1 unspecified atom stereocenters. The van der Waals surface area contributed by atoms with Crippen LogP contribution in [0, 0.1) is 11.8 Å². The fraction of sp³-hybridized carbons (Fsp3) is 0.600. The summed E-state index contributed by atoms with van der Waals surface area (Å²) in [6.07, 6.45) is 0. The van der Waals surface area contributed by atoms with Crippen molar-refractivity contribution in [1.82, 2.24) is 4.72 Å². The molecule has 6 heteroatoms. The van der Waals surface area contributed by atoms with Gasteiger partial charge in [0.05, 0.1) is 3.79 Å². The van der Waals surface area contributed by atoms with Crippen LogP contribution in [0.3, 0.4) is 0 Å². The van der Waals surface area contributed by atoms with Gasteiger partial charge in [-0.25, -0.2) is 13.1 Å². The van der Waals surface area contributed by atoms with E-state index in [-0.39, 0.29) is 0 Å². The Morgan fingerprint density at radius 2 is 2.00 bits per heavy atom. The summed E-state index contributed by atoms with van der Waals surface area (Å²) in [5, 5.41) is 0. The van der Waals surface area contributed by atoms with Crippen molar-refractivity contribution in [2.24, 2.45) is 11.8 Å². The molecule has 0 saturated carbocycles. The average molecular weight is 326 g/mol. The molecule has 1 aromatic rings. The van der Waals surface area contributed by atoms with Gasteiger partial charge in [-0.2, -0.15) is 0 Å². The first-order valence-electron chi connectivity index (χ1n) is 5.08. The van der Waals surface area contributed by atoms with Crippen LogP contribution < -0.4 is 4.72 Å². The minimum Gasteiger partial charge on any atom is -0.210 e. The van der Waals surface area contributed by atoms with E-state index >= 15 is 0 Å². The zero-order chi connectivity index (χ0) is 12.3. The molecule has 0 bridgehead atoms. The van der Waals surface area contributed by atoms with Crippen LogP contribution in [0.5, 0.6) is 0 Å². The standard InChI is InChI=1S/C10H16BrNO2S2/c1-7(2)8(3)6-12-16(13,14)10-5-4-9(11)15-10/h4-5,7-8,12H,6H2,1-3H3. The molecule has 0 saturated heterocycles. The van der Waals surface area contributed by atoms with E-state index in [0.717, 1.165) is 3.79 Å². The highest BCUT2D eigenvalue weighted by atomic mass is 79.9. The maximum absolute atomic E-state index is 11.9. The zero-order valence-corrected chi connectivity index (χ0v) is 12.7. The Kier molecular flexibility index (Phi) is 4.97. The number of sulfonamides is 1. The third-order valence-corrected chi connectivity index (χ3v) is 6.09. The first-order chi connectivity index (χ1) is 7.33. The van der Waals surface area contributed by atoms with Crippen LogP contribution in [0.15, 0.2) is 20.1 Å². The quantitative estimate of drug-likeness (QED) is 0.904. The van der Waals surface area contributed by atoms with Crippen molar-refractivity contribution in [2.75, 3.05) is 6.54 Å². The normalized spacial score (nSPS) is 14.3. The molecule has 1 N–H and O–H groups in total. The molecule has 1 heterocycles. The van der Waals surface area contributed by atoms with E-state index < -0.39 is 10.0 Å². The topological polar surface area (TPSA) is 46.2 Å². The molecule has 0 aliphatic carbocycles. The number of rotatable bonds is 5. The van der Waals surface area contributed by atoms with Gasteiger partial charge in [-0.1, -0.05) is 20.8 Å². The third-order valence-electron chi connectivity index (χ3n) is 2.55. The SMILES string of the molecule is CC(C)C(C)CNS(=O)(=O)c1ccc(Br)s1. The second-order valence-corrected chi connectivity index (χ2v) is 8.59. The van der Waals surface area contributed by atoms with E-state index in [9.17, 15) is 8.42 Å². The summed E-state index contributed by atoms with van der Waals surface area (Å²) in [7, 11) is -3.33. The summed E-state index contributed by atoms with van der Waals surface area (Å²) in [5.41, 5.74) is 0. The largest absolute Gasteiger partial charge is 0.250 e. The Balaban J connectivity index is 2.67. The predicted molar refractivity (Wildman–Crippen MR) is 71.2 cm³/mol. The van der Waals surface area contributed by atoms with Crippen LogP contribution in [0.1, 0.15) is 20.8 Å². The van der Waals surface area contributed by atoms with Gasteiger partial charge in [-0.05, 0) is 39.9 Å². The monoisotopic (exact) mass is 325 g/mol. The Labute approximate surface area is 109 Å². The predicted octanol–water partition coefficient (Wildman–Crippen LogP) is 3.08. The number of hydrogen-bond acceptors (Lipinski definition) is 3. The molecule has 0 amide bonds. The number of thiophene rings is 1. The molecular formula is C10H16BrNO2S2. The van der Waals surface area contributed by atoms with Gasteiger partial charge in [0.2, 0.25) is 10.0 Å². The first-order valence-corrected chi connectivity index (χ1v) is 8.17. The fourth-order valence-corrected chi connectivity index (χ4v) is 4.19.